The molecule has 0 aliphatic heterocycles. The van der Waals surface area contributed by atoms with Crippen molar-refractivity contribution < 1.29 is 0 Å². The summed E-state index contributed by atoms with van der Waals surface area (Å²) in [5, 5.41) is 16.1. The van der Waals surface area contributed by atoms with Crippen LogP contribution in [0.4, 0.5) is 0 Å². The highest BCUT2D eigenvalue weighted by Gasteiger charge is 2.08. The number of hydrogen-bond acceptors (Lipinski definition) is 7. The molecule has 0 saturated heterocycles. The predicted molar refractivity (Wildman–Crippen MR) is 82.2 cm³/mol. The normalized spacial score (nSPS) is 11.4. The van der Waals surface area contributed by atoms with Crippen molar-refractivity contribution in [3.8, 4) is 0 Å². The highest BCUT2D eigenvalue weighted by atomic mass is 32.2. The van der Waals surface area contributed by atoms with E-state index in [1.54, 1.807) is 23.1 Å². The Morgan fingerprint density at radius 3 is 3.00 bits per heavy atom. The highest BCUT2D eigenvalue weighted by Crippen LogP contribution is 2.19. The zero-order chi connectivity index (χ0) is 14.4. The van der Waals surface area contributed by atoms with Gasteiger partial charge in [0.1, 0.15) is 0 Å². The number of rotatable bonds is 8. The van der Waals surface area contributed by atoms with E-state index >= 15 is 0 Å². The van der Waals surface area contributed by atoms with Crippen molar-refractivity contribution in [2.24, 2.45) is 0 Å². The summed E-state index contributed by atoms with van der Waals surface area (Å²) < 4.78 is 1.86. The Balaban J connectivity index is 1.78. The lowest BCUT2D eigenvalue weighted by molar-refractivity contribution is 0.485. The van der Waals surface area contributed by atoms with Crippen molar-refractivity contribution in [2.45, 2.75) is 44.9 Å². The predicted octanol–water partition coefficient (Wildman–Crippen LogP) is 1.77. The number of hydrogen-bond donors (Lipinski definition) is 1. The zero-order valence-corrected chi connectivity index (χ0v) is 13.7. The van der Waals surface area contributed by atoms with Crippen LogP contribution in [0.2, 0.25) is 0 Å². The lowest BCUT2D eigenvalue weighted by atomic mass is 10.3. The third kappa shape index (κ3) is 4.53. The maximum absolute atomic E-state index is 4.26. The van der Waals surface area contributed by atoms with Crippen LogP contribution in [0, 0.1) is 6.92 Å². The maximum atomic E-state index is 4.26. The Labute approximate surface area is 127 Å². The van der Waals surface area contributed by atoms with E-state index < -0.39 is 0 Å². The summed E-state index contributed by atoms with van der Waals surface area (Å²) in [6.45, 7) is 7.99. The monoisotopic (exact) mass is 312 g/mol. The van der Waals surface area contributed by atoms with Crippen LogP contribution in [0.15, 0.2) is 10.7 Å². The number of nitrogens with one attached hydrogen (secondary N) is 1. The average molecular weight is 312 g/mol. The Kier molecular flexibility index (Phi) is 5.93. The summed E-state index contributed by atoms with van der Waals surface area (Å²) in [6.07, 6.45) is 1.01. The van der Waals surface area contributed by atoms with E-state index in [0.29, 0.717) is 6.04 Å². The highest BCUT2D eigenvalue weighted by molar-refractivity contribution is 7.99. The molecule has 2 aromatic heterocycles. The second kappa shape index (κ2) is 7.70. The van der Waals surface area contributed by atoms with Gasteiger partial charge in [-0.25, -0.2) is 9.67 Å². The first-order valence-electron chi connectivity index (χ1n) is 6.68. The van der Waals surface area contributed by atoms with Gasteiger partial charge in [-0.3, -0.25) is 0 Å². The van der Waals surface area contributed by atoms with Gasteiger partial charge in [0, 0.05) is 23.2 Å². The first-order valence-corrected chi connectivity index (χ1v) is 8.54. The molecule has 1 N–H and O–H groups in total. The summed E-state index contributed by atoms with van der Waals surface area (Å²) in [6, 6.07) is 0.483. The Morgan fingerprint density at radius 2 is 2.30 bits per heavy atom. The van der Waals surface area contributed by atoms with Crippen molar-refractivity contribution in [3.63, 3.8) is 0 Å². The fraction of sp³-hybridized carbons (Fsp3) is 0.667. The lowest BCUT2D eigenvalue weighted by Gasteiger charge is -2.08. The largest absolute Gasteiger partial charge is 0.313 e. The SMILES string of the molecule is Cc1ncsc1CCSc1nnnn1CCNC(C)C. The molecule has 0 spiro atoms. The van der Waals surface area contributed by atoms with Crippen LogP contribution < -0.4 is 5.32 Å². The molecule has 2 heterocycles. The van der Waals surface area contributed by atoms with E-state index in [2.05, 4.69) is 46.6 Å². The minimum atomic E-state index is 0.483. The average Bonchev–Trinajstić information content (AvgIpc) is 3.00. The van der Waals surface area contributed by atoms with Crippen LogP contribution >= 0.6 is 23.1 Å². The van der Waals surface area contributed by atoms with Gasteiger partial charge in [0.05, 0.1) is 17.7 Å². The van der Waals surface area contributed by atoms with E-state index in [4.69, 9.17) is 0 Å². The van der Waals surface area contributed by atoms with Gasteiger partial charge in [-0.05, 0) is 23.8 Å². The number of tetrazole rings is 1. The van der Waals surface area contributed by atoms with Crippen LogP contribution in [0.3, 0.4) is 0 Å². The van der Waals surface area contributed by atoms with Crippen LogP contribution in [0.25, 0.3) is 0 Å². The van der Waals surface area contributed by atoms with Crippen LogP contribution in [0.1, 0.15) is 24.4 Å². The quantitative estimate of drug-likeness (QED) is 0.749. The Hall–Kier alpha value is -0.990. The third-order valence-corrected chi connectivity index (χ3v) is 4.73. The second-order valence-corrected chi connectivity index (χ2v) is 6.75. The molecule has 6 nitrogen and oxygen atoms in total. The van der Waals surface area contributed by atoms with E-state index in [9.17, 15) is 0 Å². The molecule has 0 aromatic carbocycles. The molecule has 0 aliphatic carbocycles. The summed E-state index contributed by atoms with van der Waals surface area (Å²) in [5.74, 6) is 0.973. The first kappa shape index (κ1) is 15.4. The van der Waals surface area contributed by atoms with E-state index in [1.165, 1.54) is 4.88 Å². The number of thiazole rings is 1. The van der Waals surface area contributed by atoms with Gasteiger partial charge in [-0.2, -0.15) is 0 Å². The molecule has 8 heteroatoms. The maximum Gasteiger partial charge on any atom is 0.209 e. The van der Waals surface area contributed by atoms with Crippen LogP contribution in [0.5, 0.6) is 0 Å². The van der Waals surface area contributed by atoms with Crippen LogP contribution in [-0.2, 0) is 13.0 Å². The molecule has 0 atom stereocenters. The molecule has 0 radical (unpaired) electrons. The number of nitrogens with zero attached hydrogens (tertiary/aromatic N) is 5. The fourth-order valence-corrected chi connectivity index (χ4v) is 3.47. The summed E-state index contributed by atoms with van der Waals surface area (Å²) in [5.41, 5.74) is 3.04. The van der Waals surface area contributed by atoms with Crippen molar-refractivity contribution in [1.82, 2.24) is 30.5 Å². The Morgan fingerprint density at radius 1 is 1.45 bits per heavy atom. The topological polar surface area (TPSA) is 68.5 Å². The molecule has 0 saturated carbocycles. The van der Waals surface area contributed by atoms with Gasteiger partial charge < -0.3 is 5.32 Å². The molecule has 0 bridgehead atoms. The van der Waals surface area contributed by atoms with Crippen molar-refractivity contribution in [3.05, 3.63) is 16.1 Å². The van der Waals surface area contributed by atoms with Gasteiger partial charge >= 0.3 is 0 Å². The fourth-order valence-electron chi connectivity index (χ4n) is 1.70. The Bertz CT molecular complexity index is 522. The lowest BCUT2D eigenvalue weighted by Crippen LogP contribution is -2.27. The summed E-state index contributed by atoms with van der Waals surface area (Å²) in [4.78, 5) is 5.61. The minimum Gasteiger partial charge on any atom is -0.313 e. The zero-order valence-electron chi connectivity index (χ0n) is 12.0. The number of aromatic nitrogens is 5. The van der Waals surface area contributed by atoms with Crippen molar-refractivity contribution >= 4 is 23.1 Å². The van der Waals surface area contributed by atoms with Gasteiger partial charge in [0.2, 0.25) is 5.16 Å². The number of aryl methyl sites for hydroxylation is 2. The standard InChI is InChI=1S/C12H20N6S2/c1-9(2)13-5-6-18-12(15-16-17-18)19-7-4-11-10(3)14-8-20-11/h8-9,13H,4-7H2,1-3H3. The molecular weight excluding hydrogens is 292 g/mol. The van der Waals surface area contributed by atoms with E-state index in [1.807, 2.05) is 10.2 Å². The van der Waals surface area contributed by atoms with Gasteiger partial charge in [-0.15, -0.1) is 16.4 Å². The smallest absolute Gasteiger partial charge is 0.209 e. The molecule has 0 aliphatic rings. The molecule has 0 fully saturated rings. The van der Waals surface area contributed by atoms with Crippen LogP contribution in [-0.4, -0.2) is 43.5 Å². The van der Waals surface area contributed by atoms with Crippen molar-refractivity contribution in [2.75, 3.05) is 12.3 Å². The molecule has 2 aromatic rings. The van der Waals surface area contributed by atoms with Gasteiger partial charge in [0.25, 0.3) is 0 Å². The second-order valence-electron chi connectivity index (χ2n) is 4.75. The molecule has 0 unspecified atom stereocenters. The molecule has 2 rings (SSSR count). The number of thioether (sulfide) groups is 1. The summed E-state index contributed by atoms with van der Waals surface area (Å²) >= 11 is 3.41. The molecule has 20 heavy (non-hydrogen) atoms. The first-order chi connectivity index (χ1) is 9.66. The summed E-state index contributed by atoms with van der Waals surface area (Å²) in [7, 11) is 0. The van der Waals surface area contributed by atoms with Gasteiger partial charge in [-0.1, -0.05) is 25.6 Å². The molecule has 0 amide bonds. The third-order valence-electron chi connectivity index (χ3n) is 2.78. The molecular formula is C12H20N6S2. The minimum absolute atomic E-state index is 0.483. The van der Waals surface area contributed by atoms with Crippen molar-refractivity contribution in [1.29, 1.82) is 0 Å². The molecule has 110 valence electrons. The van der Waals surface area contributed by atoms with E-state index in [-0.39, 0.29) is 0 Å². The van der Waals surface area contributed by atoms with E-state index in [0.717, 1.165) is 36.1 Å². The van der Waals surface area contributed by atoms with Gasteiger partial charge in [0.15, 0.2) is 0 Å².